The second-order valence-corrected chi connectivity index (χ2v) is 5.46. The Balaban J connectivity index is 2.10. The van der Waals surface area contributed by atoms with Crippen molar-refractivity contribution in [3.63, 3.8) is 0 Å². The van der Waals surface area contributed by atoms with E-state index in [4.69, 9.17) is 22.4 Å². The summed E-state index contributed by atoms with van der Waals surface area (Å²) >= 11 is 5.88. The minimum Gasteiger partial charge on any atom is -0.508 e. The van der Waals surface area contributed by atoms with Gasteiger partial charge in [-0.1, -0.05) is 37.3 Å². The van der Waals surface area contributed by atoms with Crippen molar-refractivity contribution in [3.05, 3.63) is 28.8 Å². The number of carboxylic acid groups (broad SMARTS) is 1. The quantitative estimate of drug-likeness (QED) is 0.611. The normalized spacial score (nSPS) is 12.3. The smallest absolute Gasteiger partial charge is 0.320 e. The van der Waals surface area contributed by atoms with Crippen molar-refractivity contribution in [2.75, 3.05) is 0 Å². The van der Waals surface area contributed by atoms with Crippen molar-refractivity contribution in [2.45, 2.75) is 51.0 Å². The third-order valence-corrected chi connectivity index (χ3v) is 3.56. The Labute approximate surface area is 124 Å². The van der Waals surface area contributed by atoms with Gasteiger partial charge in [-0.2, -0.15) is 0 Å². The molecule has 20 heavy (non-hydrogen) atoms. The van der Waals surface area contributed by atoms with Gasteiger partial charge >= 0.3 is 5.97 Å². The number of phenols is 1. The van der Waals surface area contributed by atoms with Crippen molar-refractivity contribution >= 4 is 17.6 Å². The van der Waals surface area contributed by atoms with Gasteiger partial charge in [0, 0.05) is 5.02 Å². The number of phenolic OH excluding ortho intramolecular Hbond substituents is 1. The molecule has 0 aliphatic rings. The second-order valence-electron chi connectivity index (χ2n) is 5.02. The number of hydrogen-bond donors (Lipinski definition) is 3. The predicted molar refractivity (Wildman–Crippen MR) is 80.1 cm³/mol. The van der Waals surface area contributed by atoms with Crippen molar-refractivity contribution in [3.8, 4) is 5.75 Å². The Hall–Kier alpha value is -1.26. The van der Waals surface area contributed by atoms with Gasteiger partial charge in [0.1, 0.15) is 11.8 Å². The first-order chi connectivity index (χ1) is 9.50. The number of aliphatic carboxylic acids is 1. The van der Waals surface area contributed by atoms with Gasteiger partial charge in [0.05, 0.1) is 0 Å². The van der Waals surface area contributed by atoms with Gasteiger partial charge in [0.15, 0.2) is 0 Å². The molecule has 0 saturated carbocycles. The van der Waals surface area contributed by atoms with E-state index >= 15 is 0 Å². The monoisotopic (exact) mass is 299 g/mol. The molecule has 1 aromatic rings. The molecule has 112 valence electrons. The number of carbonyl (C=O) groups is 1. The van der Waals surface area contributed by atoms with E-state index in [1.807, 2.05) is 0 Å². The van der Waals surface area contributed by atoms with Crippen molar-refractivity contribution in [1.82, 2.24) is 0 Å². The summed E-state index contributed by atoms with van der Waals surface area (Å²) < 4.78 is 0. The third kappa shape index (κ3) is 6.26. The topological polar surface area (TPSA) is 83.5 Å². The molecule has 0 radical (unpaired) electrons. The minimum absolute atomic E-state index is 0.293. The lowest BCUT2D eigenvalue weighted by molar-refractivity contribution is -0.138. The average Bonchev–Trinajstić information content (AvgIpc) is 2.41. The third-order valence-electron chi connectivity index (χ3n) is 3.32. The van der Waals surface area contributed by atoms with Crippen LogP contribution in [0.3, 0.4) is 0 Å². The molecule has 1 unspecified atom stereocenters. The molecule has 1 aromatic carbocycles. The highest BCUT2D eigenvalue weighted by molar-refractivity contribution is 6.30. The summed E-state index contributed by atoms with van der Waals surface area (Å²) in [5.74, 6) is -0.636. The van der Waals surface area contributed by atoms with E-state index in [0.29, 0.717) is 17.2 Å². The van der Waals surface area contributed by atoms with Crippen LogP contribution in [0.2, 0.25) is 5.02 Å². The number of aromatic hydroxyl groups is 1. The highest BCUT2D eigenvalue weighted by Crippen LogP contribution is 2.23. The summed E-state index contributed by atoms with van der Waals surface area (Å²) in [5.41, 5.74) is 6.30. The molecule has 0 amide bonds. The lowest BCUT2D eigenvalue weighted by Crippen LogP contribution is -2.29. The average molecular weight is 300 g/mol. The molecule has 0 aliphatic carbocycles. The number of rotatable bonds is 9. The van der Waals surface area contributed by atoms with Crippen LogP contribution >= 0.6 is 11.6 Å². The molecule has 1 atom stereocenters. The van der Waals surface area contributed by atoms with E-state index < -0.39 is 12.0 Å². The van der Waals surface area contributed by atoms with Crippen LogP contribution in [0, 0.1) is 0 Å². The molecule has 0 bridgehead atoms. The first-order valence-electron chi connectivity index (χ1n) is 6.96. The van der Waals surface area contributed by atoms with E-state index in [9.17, 15) is 9.90 Å². The van der Waals surface area contributed by atoms with Crippen LogP contribution in [0.5, 0.6) is 5.75 Å². The van der Waals surface area contributed by atoms with Gasteiger partial charge in [-0.05, 0) is 43.0 Å². The SMILES string of the molecule is NC(CCCCCCCc1cc(Cl)ccc1O)C(=O)O. The van der Waals surface area contributed by atoms with Crippen LogP contribution in [0.1, 0.15) is 44.1 Å². The molecule has 5 heteroatoms. The van der Waals surface area contributed by atoms with E-state index in [2.05, 4.69) is 0 Å². The van der Waals surface area contributed by atoms with Crippen LogP contribution in [-0.4, -0.2) is 22.2 Å². The molecule has 1 rings (SSSR count). The Kier molecular flexibility index (Phi) is 7.41. The first kappa shape index (κ1) is 16.8. The van der Waals surface area contributed by atoms with E-state index in [1.165, 1.54) is 0 Å². The van der Waals surface area contributed by atoms with Crippen LogP contribution in [-0.2, 0) is 11.2 Å². The van der Waals surface area contributed by atoms with E-state index in [-0.39, 0.29) is 0 Å². The standard InChI is InChI=1S/C15H22ClNO3/c16-12-8-9-14(18)11(10-12)6-4-2-1-3-5-7-13(17)15(19)20/h8-10,13,18H,1-7,17H2,(H,19,20). The first-order valence-corrected chi connectivity index (χ1v) is 7.34. The molecule has 4 N–H and O–H groups in total. The van der Waals surface area contributed by atoms with Crippen molar-refractivity contribution in [2.24, 2.45) is 5.73 Å². The Morgan fingerprint density at radius 1 is 1.20 bits per heavy atom. The number of unbranched alkanes of at least 4 members (excludes halogenated alkanes) is 4. The molecule has 0 aliphatic heterocycles. The summed E-state index contributed by atoms with van der Waals surface area (Å²) in [6.07, 6.45) is 6.25. The fraction of sp³-hybridized carbons (Fsp3) is 0.533. The van der Waals surface area contributed by atoms with Crippen LogP contribution in [0.15, 0.2) is 18.2 Å². The van der Waals surface area contributed by atoms with Crippen molar-refractivity contribution in [1.29, 1.82) is 0 Å². The van der Waals surface area contributed by atoms with E-state index in [1.54, 1.807) is 18.2 Å². The predicted octanol–water partition coefficient (Wildman–Crippen LogP) is 3.34. The highest BCUT2D eigenvalue weighted by atomic mass is 35.5. The van der Waals surface area contributed by atoms with E-state index in [0.717, 1.165) is 44.1 Å². The summed E-state index contributed by atoms with van der Waals surface area (Å²) in [6.45, 7) is 0. The fourth-order valence-electron chi connectivity index (χ4n) is 2.09. The van der Waals surface area contributed by atoms with Gasteiger partial charge in [-0.25, -0.2) is 0 Å². The maximum absolute atomic E-state index is 10.5. The molecule has 0 aromatic heterocycles. The van der Waals surface area contributed by atoms with Crippen LogP contribution < -0.4 is 5.73 Å². The Morgan fingerprint density at radius 3 is 2.55 bits per heavy atom. The number of nitrogens with two attached hydrogens (primary N) is 1. The number of carboxylic acids is 1. The number of benzene rings is 1. The van der Waals surface area contributed by atoms with Gasteiger partial charge in [0.25, 0.3) is 0 Å². The zero-order valence-electron chi connectivity index (χ0n) is 11.5. The zero-order valence-corrected chi connectivity index (χ0v) is 12.3. The molecule has 0 fully saturated rings. The second kappa shape index (κ2) is 8.82. The molecular formula is C15H22ClNO3. The number of aryl methyl sites for hydroxylation is 1. The number of halogens is 1. The Bertz CT molecular complexity index is 437. The summed E-state index contributed by atoms with van der Waals surface area (Å²) in [6, 6.07) is 4.35. The minimum atomic E-state index is -0.929. The van der Waals surface area contributed by atoms with Crippen LogP contribution in [0.25, 0.3) is 0 Å². The molecule has 0 saturated heterocycles. The summed E-state index contributed by atoms with van der Waals surface area (Å²) in [7, 11) is 0. The van der Waals surface area contributed by atoms with Crippen LogP contribution in [0.4, 0.5) is 0 Å². The largest absolute Gasteiger partial charge is 0.508 e. The lowest BCUT2D eigenvalue weighted by Gasteiger charge is -2.07. The van der Waals surface area contributed by atoms with Gasteiger partial charge < -0.3 is 15.9 Å². The Morgan fingerprint density at radius 2 is 1.85 bits per heavy atom. The highest BCUT2D eigenvalue weighted by Gasteiger charge is 2.09. The summed E-state index contributed by atoms with van der Waals surface area (Å²) in [5, 5.41) is 18.9. The molecule has 4 nitrogen and oxygen atoms in total. The molecular weight excluding hydrogens is 278 g/mol. The number of hydrogen-bond acceptors (Lipinski definition) is 3. The summed E-state index contributed by atoms with van der Waals surface area (Å²) in [4.78, 5) is 10.5. The zero-order chi connectivity index (χ0) is 15.0. The maximum atomic E-state index is 10.5. The molecule has 0 spiro atoms. The van der Waals surface area contributed by atoms with Gasteiger partial charge in [0.2, 0.25) is 0 Å². The van der Waals surface area contributed by atoms with Gasteiger partial charge in [-0.15, -0.1) is 0 Å². The van der Waals surface area contributed by atoms with Crippen molar-refractivity contribution < 1.29 is 15.0 Å². The molecule has 0 heterocycles. The maximum Gasteiger partial charge on any atom is 0.320 e. The van der Waals surface area contributed by atoms with Gasteiger partial charge in [-0.3, -0.25) is 4.79 Å². The fourth-order valence-corrected chi connectivity index (χ4v) is 2.28. The lowest BCUT2D eigenvalue weighted by atomic mass is 10.0.